The quantitative estimate of drug-likeness (QED) is 0.328. The van der Waals surface area contributed by atoms with Gasteiger partial charge in [0.1, 0.15) is 0 Å². The number of likely N-dealkylation sites (tertiary alicyclic amines) is 1. The Bertz CT molecular complexity index is 1050. The van der Waals surface area contributed by atoms with Gasteiger partial charge in [-0.25, -0.2) is 8.78 Å². The van der Waals surface area contributed by atoms with Crippen LogP contribution in [0.2, 0.25) is 0 Å². The largest absolute Gasteiger partial charge is 0.354 e. The average molecular weight is 484 g/mol. The molecule has 0 saturated carbocycles. The van der Waals surface area contributed by atoms with Gasteiger partial charge < -0.3 is 15.2 Å². The third kappa shape index (κ3) is 7.14. The van der Waals surface area contributed by atoms with Gasteiger partial charge in [-0.1, -0.05) is 49.8 Å². The number of alkyl halides is 2. The van der Waals surface area contributed by atoms with E-state index in [0.717, 1.165) is 73.2 Å². The summed E-state index contributed by atoms with van der Waals surface area (Å²) in [5, 5.41) is 4.15. The fraction of sp³-hybridized carbons (Fsp3) is 0.533. The normalized spacial score (nSPS) is 17.5. The van der Waals surface area contributed by atoms with Crippen LogP contribution in [0.4, 0.5) is 8.78 Å². The van der Waals surface area contributed by atoms with Crippen molar-refractivity contribution in [2.45, 2.75) is 65.7 Å². The molecule has 0 radical (unpaired) electrons. The third-order valence-corrected chi connectivity index (χ3v) is 7.49. The number of rotatable bonds is 11. The first-order chi connectivity index (χ1) is 16.7. The molecule has 0 aliphatic carbocycles. The standard InChI is InChI=1S/C30H43F2N3/c1-7-21(4)22(5)17-25(16-20(2)3)30-27(19-29(31)32)26-18-24(8-9-28(26)34-30)23-10-13-35(14-11-23)15-12-33-6/h8-9,16-18,21,23,29,33-34H,2,7,10-15,19H2,1,3-6H3/b22-17-,25-16+. The van der Waals surface area contributed by atoms with Gasteiger partial charge in [0, 0.05) is 36.1 Å². The monoisotopic (exact) mass is 483 g/mol. The van der Waals surface area contributed by atoms with Crippen molar-refractivity contribution in [1.29, 1.82) is 0 Å². The van der Waals surface area contributed by atoms with Gasteiger partial charge in [0.05, 0.1) is 0 Å². The predicted molar refractivity (Wildman–Crippen MR) is 146 cm³/mol. The van der Waals surface area contributed by atoms with Gasteiger partial charge in [-0.3, -0.25) is 0 Å². The van der Waals surface area contributed by atoms with Crippen LogP contribution in [0.1, 0.15) is 69.7 Å². The number of aromatic nitrogens is 1. The second kappa shape index (κ2) is 12.6. The number of hydrogen-bond donors (Lipinski definition) is 2. The van der Waals surface area contributed by atoms with E-state index in [9.17, 15) is 8.78 Å². The highest BCUT2D eigenvalue weighted by molar-refractivity contribution is 5.92. The molecule has 3 nitrogen and oxygen atoms in total. The lowest BCUT2D eigenvalue weighted by Crippen LogP contribution is -2.37. The zero-order valence-corrected chi connectivity index (χ0v) is 22.2. The van der Waals surface area contributed by atoms with Crippen LogP contribution in [0.3, 0.4) is 0 Å². The SMILES string of the molecule is C=C(C)/C=C(\C=C(\C)C(C)CC)c1[nH]c2ccc(C3CCN(CCNC)CC3)cc2c1CC(F)F. The van der Waals surface area contributed by atoms with Gasteiger partial charge >= 0.3 is 0 Å². The van der Waals surface area contributed by atoms with Crippen LogP contribution < -0.4 is 5.32 Å². The molecule has 1 fully saturated rings. The van der Waals surface area contributed by atoms with Crippen molar-refractivity contribution in [2.24, 2.45) is 5.92 Å². The molecule has 2 heterocycles. The number of allylic oxidation sites excluding steroid dienone is 5. The highest BCUT2D eigenvalue weighted by Gasteiger charge is 2.23. The number of nitrogens with zero attached hydrogens (tertiary/aromatic N) is 1. The molecule has 0 bridgehead atoms. The van der Waals surface area contributed by atoms with Crippen molar-refractivity contribution >= 4 is 16.5 Å². The van der Waals surface area contributed by atoms with Crippen molar-refractivity contribution in [3.05, 3.63) is 64.9 Å². The Kier molecular flexibility index (Phi) is 9.88. The van der Waals surface area contributed by atoms with Gasteiger partial charge in [0.25, 0.3) is 0 Å². The molecule has 2 aromatic rings. The van der Waals surface area contributed by atoms with Gasteiger partial charge in [-0.15, -0.1) is 0 Å². The van der Waals surface area contributed by atoms with Gasteiger partial charge in [0.2, 0.25) is 6.43 Å². The number of likely N-dealkylation sites (N-methyl/N-ethyl adjacent to an activating group) is 1. The van der Waals surface area contributed by atoms with Crippen molar-refractivity contribution < 1.29 is 8.78 Å². The Balaban J connectivity index is 2.01. The minimum Gasteiger partial charge on any atom is -0.354 e. The molecular weight excluding hydrogens is 440 g/mol. The maximum atomic E-state index is 13.8. The Morgan fingerprint density at radius 3 is 2.54 bits per heavy atom. The van der Waals surface area contributed by atoms with Crippen LogP contribution >= 0.6 is 0 Å². The second-order valence-corrected chi connectivity index (χ2v) is 10.2. The molecule has 3 rings (SSSR count). The Morgan fingerprint density at radius 2 is 1.94 bits per heavy atom. The molecular formula is C30H43F2N3. The van der Waals surface area contributed by atoms with E-state index >= 15 is 0 Å². The molecule has 192 valence electrons. The van der Waals surface area contributed by atoms with Crippen LogP contribution in [0.25, 0.3) is 16.5 Å². The number of hydrogen-bond acceptors (Lipinski definition) is 2. The Labute approximate surface area is 210 Å². The van der Waals surface area contributed by atoms with Crippen LogP contribution in [0.5, 0.6) is 0 Å². The second-order valence-electron chi connectivity index (χ2n) is 10.2. The number of aromatic amines is 1. The topological polar surface area (TPSA) is 31.1 Å². The van der Waals surface area contributed by atoms with Gasteiger partial charge in [-0.2, -0.15) is 0 Å². The molecule has 35 heavy (non-hydrogen) atoms. The first-order valence-corrected chi connectivity index (χ1v) is 13.1. The molecule has 1 aromatic carbocycles. The van der Waals surface area contributed by atoms with E-state index in [1.807, 2.05) is 20.0 Å². The maximum Gasteiger partial charge on any atom is 0.242 e. The zero-order valence-electron chi connectivity index (χ0n) is 22.2. The summed E-state index contributed by atoms with van der Waals surface area (Å²) < 4.78 is 27.6. The number of fused-ring (bicyclic) bond motifs is 1. The van der Waals surface area contributed by atoms with Crippen LogP contribution in [-0.2, 0) is 6.42 Å². The summed E-state index contributed by atoms with van der Waals surface area (Å²) in [7, 11) is 1.99. The van der Waals surface area contributed by atoms with Crippen molar-refractivity contribution in [2.75, 3.05) is 33.2 Å². The first kappa shape index (κ1) is 27.3. The van der Waals surface area contributed by atoms with E-state index in [1.165, 1.54) is 11.1 Å². The summed E-state index contributed by atoms with van der Waals surface area (Å²) in [6, 6.07) is 6.44. The summed E-state index contributed by atoms with van der Waals surface area (Å²) in [5.74, 6) is 0.901. The summed E-state index contributed by atoms with van der Waals surface area (Å²) in [6.45, 7) is 16.7. The lowest BCUT2D eigenvalue weighted by atomic mass is 9.88. The highest BCUT2D eigenvalue weighted by Crippen LogP contribution is 2.36. The molecule has 1 aliphatic heterocycles. The minimum absolute atomic E-state index is 0.259. The van der Waals surface area contributed by atoms with E-state index in [0.29, 0.717) is 17.4 Å². The average Bonchev–Trinajstić information content (AvgIpc) is 3.18. The Hall–Kier alpha value is -2.24. The summed E-state index contributed by atoms with van der Waals surface area (Å²) in [4.78, 5) is 6.00. The molecule has 1 atom stereocenters. The lowest BCUT2D eigenvalue weighted by molar-refractivity contribution is 0.149. The molecule has 1 unspecified atom stereocenters. The number of H-pyrrole nitrogens is 1. The fourth-order valence-corrected chi connectivity index (χ4v) is 5.05. The molecule has 0 spiro atoms. The van der Waals surface area contributed by atoms with E-state index in [2.05, 4.69) is 66.8 Å². The summed E-state index contributed by atoms with van der Waals surface area (Å²) >= 11 is 0. The molecule has 5 heteroatoms. The summed E-state index contributed by atoms with van der Waals surface area (Å²) in [6.07, 6.45) is 4.74. The first-order valence-electron chi connectivity index (χ1n) is 13.1. The third-order valence-electron chi connectivity index (χ3n) is 7.49. The van der Waals surface area contributed by atoms with Crippen molar-refractivity contribution in [3.63, 3.8) is 0 Å². The molecule has 2 N–H and O–H groups in total. The van der Waals surface area contributed by atoms with E-state index in [1.54, 1.807) is 0 Å². The van der Waals surface area contributed by atoms with E-state index in [4.69, 9.17) is 0 Å². The van der Waals surface area contributed by atoms with E-state index in [-0.39, 0.29) is 6.42 Å². The predicted octanol–water partition coefficient (Wildman–Crippen LogP) is 7.33. The number of nitrogens with one attached hydrogen (secondary N) is 2. The molecule has 1 saturated heterocycles. The highest BCUT2D eigenvalue weighted by atomic mass is 19.3. The Morgan fingerprint density at radius 1 is 1.23 bits per heavy atom. The van der Waals surface area contributed by atoms with Crippen LogP contribution in [0.15, 0.2) is 48.1 Å². The maximum absolute atomic E-state index is 13.8. The van der Waals surface area contributed by atoms with E-state index < -0.39 is 6.43 Å². The van der Waals surface area contributed by atoms with Crippen LogP contribution in [-0.4, -0.2) is 49.5 Å². The number of benzene rings is 1. The van der Waals surface area contributed by atoms with Crippen LogP contribution in [0, 0.1) is 5.92 Å². The summed E-state index contributed by atoms with van der Waals surface area (Å²) in [5.41, 5.74) is 6.78. The lowest BCUT2D eigenvalue weighted by Gasteiger charge is -2.32. The zero-order chi connectivity index (χ0) is 25.5. The van der Waals surface area contributed by atoms with Gasteiger partial charge in [0.15, 0.2) is 0 Å². The number of piperidine rings is 1. The van der Waals surface area contributed by atoms with Crippen molar-refractivity contribution in [1.82, 2.24) is 15.2 Å². The van der Waals surface area contributed by atoms with Gasteiger partial charge in [-0.05, 0) is 93.9 Å². The molecule has 1 aliphatic rings. The smallest absolute Gasteiger partial charge is 0.242 e. The molecule has 1 aromatic heterocycles. The fourth-order valence-electron chi connectivity index (χ4n) is 5.05. The minimum atomic E-state index is -2.41. The number of halogens is 2. The molecule has 0 amide bonds. The van der Waals surface area contributed by atoms with Crippen molar-refractivity contribution in [3.8, 4) is 0 Å².